The van der Waals surface area contributed by atoms with Gasteiger partial charge in [-0.15, -0.1) is 5.10 Å². The molecular weight excluding hydrogens is 1750 g/mol. The number of carbonyl (C=O) groups is 6. The number of aliphatic hydroxyl groups excluding tert-OH is 3. The van der Waals surface area contributed by atoms with E-state index in [1.54, 1.807) is 4.68 Å². The van der Waals surface area contributed by atoms with Crippen LogP contribution in [0.15, 0.2) is 70.7 Å². The van der Waals surface area contributed by atoms with E-state index in [2.05, 4.69) is 138 Å². The van der Waals surface area contributed by atoms with E-state index < -0.39 is 47.6 Å². The molecule has 1 aliphatic heterocycles. The van der Waals surface area contributed by atoms with Crippen molar-refractivity contribution in [3.63, 3.8) is 0 Å². The zero-order valence-corrected chi connectivity index (χ0v) is 88.1. The zero-order chi connectivity index (χ0) is 101. The van der Waals surface area contributed by atoms with Gasteiger partial charge in [0, 0.05) is 71.0 Å². The Kier molecular flexibility index (Phi) is 61.7. The first-order valence-corrected chi connectivity index (χ1v) is 52.0. The van der Waals surface area contributed by atoms with Crippen LogP contribution in [0.2, 0.25) is 0 Å². The number of azo groups is 1. The summed E-state index contributed by atoms with van der Waals surface area (Å²) < 4.78 is 91.4. The lowest BCUT2D eigenvalue weighted by Crippen LogP contribution is -2.43. The Morgan fingerprint density at radius 3 is 1.35 bits per heavy atom. The van der Waals surface area contributed by atoms with Crippen LogP contribution in [0.5, 0.6) is 0 Å². The summed E-state index contributed by atoms with van der Waals surface area (Å²) in [6.07, 6.45) is 26.9. The number of ether oxygens (including phenoxy) is 15. The van der Waals surface area contributed by atoms with Crippen LogP contribution in [0.1, 0.15) is 341 Å². The summed E-state index contributed by atoms with van der Waals surface area (Å²) in [7, 11) is 0. The smallest absolute Gasteiger partial charge is 0.463 e. The van der Waals surface area contributed by atoms with E-state index in [9.17, 15) is 44.1 Å². The lowest BCUT2D eigenvalue weighted by molar-refractivity contribution is -0.168. The van der Waals surface area contributed by atoms with Crippen LogP contribution in [0.25, 0.3) is 0 Å². The fourth-order valence-corrected chi connectivity index (χ4v) is 16.1. The van der Waals surface area contributed by atoms with Crippen molar-refractivity contribution in [2.45, 2.75) is 380 Å². The van der Waals surface area contributed by atoms with E-state index in [-0.39, 0.29) is 173 Å². The molecule has 2 heterocycles. The van der Waals surface area contributed by atoms with Crippen LogP contribution < -0.4 is 0 Å². The number of esters is 5. The SMILES string of the molecule is CC(C)CCOCC(COCCn1cc(CC(COC(=O)OC(C)OC(=O)CCC/C=C\C[C@@H]2[C@@H](CC[C@@H](O)CCc3ccccc3)[C@H](O)C[C@@H]2O)CC2=CC(CCCCCC(=O)OCCOCC(COCCOC(=O)CCCCCC(C)(C)C)(COCCOC(=O)CCCCCC(C)(C)C)COCCOC(=O)CCCCCC(C)(C)C)N=N2)nn1)(COCCC(C)(C)C)COCCC(C)(C)C. The van der Waals surface area contributed by atoms with Crippen LogP contribution in [0.4, 0.5) is 4.79 Å². The Labute approximate surface area is 824 Å². The molecule has 1 fully saturated rings. The van der Waals surface area contributed by atoms with Gasteiger partial charge in [0.2, 0.25) is 6.29 Å². The van der Waals surface area contributed by atoms with E-state index in [0.717, 1.165) is 116 Å². The van der Waals surface area contributed by atoms with Crippen molar-refractivity contribution in [3.05, 3.63) is 71.7 Å². The number of hydrogen-bond acceptors (Lipinski definition) is 28. The highest BCUT2D eigenvalue weighted by atomic mass is 16.8. The molecule has 1 aliphatic carbocycles. The quantitative estimate of drug-likeness (QED) is 0.0182. The summed E-state index contributed by atoms with van der Waals surface area (Å²) in [5, 5.41) is 50.7. The van der Waals surface area contributed by atoms with E-state index in [4.69, 9.17) is 71.1 Å². The molecule has 0 radical (unpaired) electrons. The highest BCUT2D eigenvalue weighted by Gasteiger charge is 2.41. The molecule has 0 saturated heterocycles. The Hall–Kier alpha value is -6.38. The molecule has 29 nitrogen and oxygen atoms in total. The fraction of sp³-hybridized carbons (Fsp3) is 0.833. The van der Waals surface area contributed by atoms with Gasteiger partial charge in [0.1, 0.15) is 26.4 Å². The zero-order valence-electron chi connectivity index (χ0n) is 88.1. The van der Waals surface area contributed by atoms with Gasteiger partial charge in [-0.05, 0) is 191 Å². The first kappa shape index (κ1) is 123. The number of carbonyl (C=O) groups excluding carboxylic acids is 6. The summed E-state index contributed by atoms with van der Waals surface area (Å²) >= 11 is 0. The molecule has 3 unspecified atom stereocenters. The van der Waals surface area contributed by atoms with Crippen LogP contribution in [0, 0.1) is 61.6 Å². The number of allylic oxidation sites excluding steroid dienone is 3. The van der Waals surface area contributed by atoms with E-state index in [1.807, 2.05) is 54.8 Å². The fourth-order valence-electron chi connectivity index (χ4n) is 16.1. The third kappa shape index (κ3) is 64.7. The third-order valence-electron chi connectivity index (χ3n) is 24.4. The van der Waals surface area contributed by atoms with Gasteiger partial charge >= 0.3 is 36.0 Å². The van der Waals surface area contributed by atoms with E-state index in [1.165, 1.54) is 12.5 Å². The first-order chi connectivity index (χ1) is 64.9. The molecular formula is C108H187N5O24. The van der Waals surface area contributed by atoms with Crippen LogP contribution in [0.3, 0.4) is 0 Å². The van der Waals surface area contributed by atoms with Gasteiger partial charge in [0.25, 0.3) is 0 Å². The van der Waals surface area contributed by atoms with Gasteiger partial charge in [-0.3, -0.25) is 24.0 Å². The average Bonchev–Trinajstić information content (AvgIpc) is 1.69. The molecule has 137 heavy (non-hydrogen) atoms. The van der Waals surface area contributed by atoms with Crippen LogP contribution in [-0.4, -0.2) is 236 Å². The highest BCUT2D eigenvalue weighted by molar-refractivity contribution is 5.71. The lowest BCUT2D eigenvalue weighted by Gasteiger charge is -2.34. The minimum absolute atomic E-state index is 0.0245. The minimum atomic E-state index is -1.25. The Morgan fingerprint density at radius 2 is 0.883 bits per heavy atom. The molecule has 2 aliphatic rings. The molecule has 0 spiro atoms. The van der Waals surface area contributed by atoms with Crippen molar-refractivity contribution in [3.8, 4) is 0 Å². The Morgan fingerprint density at radius 1 is 0.445 bits per heavy atom. The summed E-state index contributed by atoms with van der Waals surface area (Å²) in [5.74, 6) is -1.96. The Balaban J connectivity index is 1.38. The second kappa shape index (κ2) is 68.7. The van der Waals surface area contributed by atoms with Crippen molar-refractivity contribution in [2.24, 2.45) is 71.8 Å². The van der Waals surface area contributed by atoms with Crippen molar-refractivity contribution in [2.75, 3.05) is 139 Å². The highest BCUT2D eigenvalue weighted by Crippen LogP contribution is 2.39. The normalized spacial score (nSPS) is 16.9. The number of hydrogen-bond donors (Lipinski definition) is 3. The molecule has 4 rings (SSSR count). The maximum atomic E-state index is 13.4. The van der Waals surface area contributed by atoms with E-state index >= 15 is 0 Å². The average molecular weight is 1940 g/mol. The summed E-state index contributed by atoms with van der Waals surface area (Å²) in [5.41, 5.74) is 1.90. The molecule has 788 valence electrons. The second-order valence-electron chi connectivity index (χ2n) is 45.0. The largest absolute Gasteiger partial charge is 0.511 e. The molecule has 0 bridgehead atoms. The number of aryl methyl sites for hydroxylation is 1. The molecule has 1 saturated carbocycles. The predicted molar refractivity (Wildman–Crippen MR) is 531 cm³/mol. The van der Waals surface area contributed by atoms with Gasteiger partial charge in [-0.25, -0.2) is 9.48 Å². The van der Waals surface area contributed by atoms with Crippen molar-refractivity contribution in [1.82, 2.24) is 15.0 Å². The van der Waals surface area contributed by atoms with Gasteiger partial charge in [0.05, 0.1) is 146 Å². The minimum Gasteiger partial charge on any atom is -0.463 e. The summed E-state index contributed by atoms with van der Waals surface area (Å²) in [4.78, 5) is 78.0. The standard InChI is InChI=1S/C108H187N5O24/c1-84(2)51-58-123-76-107(77-124-59-55-105(13,14)15,78-125-60-56-106(16,17)18)79-126-61-57-113-74-90(111-112-113)71-87(75-135-101(122)137-85(3)136-100(121)46-30-20-19-29-41-92-93(95(116)73-94(92)115)50-49-91(114)48-47-86-38-26-21-27-39-86)70-89-72-88(109-110-89)40-28-22-31-42-96(117)131-66-62-127-80-108(81-128-63-67-132-97(118)43-32-23-35-52-102(4,5)6,82-129-64-68-133-98(119)44-33-24-36-53-103(7,8)9)83-130-65-69-134-99(120)45-34-25-37-54-104(10,11)12/h19,21,26-27,29,38-39,72,74,84-85,87-88,91-95,114-116H,20,22-25,28,30-37,40-71,73,75-83H2,1-18H3/b29-19-/t85?,87?,88?,91-,92+,93+,94-,95+/m0/s1. The predicted octanol–water partition coefficient (Wildman–Crippen LogP) is 21.0. The number of nitrogens with zero attached hydrogens (tertiary/aromatic N) is 5. The molecule has 3 N–H and O–H groups in total. The summed E-state index contributed by atoms with van der Waals surface area (Å²) in [6, 6.07) is 9.81. The number of aliphatic hydroxyl groups is 3. The molecule has 0 amide bonds. The van der Waals surface area contributed by atoms with Gasteiger partial charge in [-0.2, -0.15) is 10.2 Å². The van der Waals surface area contributed by atoms with Crippen molar-refractivity contribution >= 4 is 36.0 Å². The molecule has 8 atom stereocenters. The van der Waals surface area contributed by atoms with Crippen LogP contribution >= 0.6 is 0 Å². The van der Waals surface area contributed by atoms with Crippen LogP contribution in [-0.2, 0) is 114 Å². The first-order valence-electron chi connectivity index (χ1n) is 52.0. The van der Waals surface area contributed by atoms with E-state index in [0.29, 0.717) is 167 Å². The molecule has 2 aromatic rings. The van der Waals surface area contributed by atoms with Crippen molar-refractivity contribution in [1.29, 1.82) is 0 Å². The number of benzene rings is 1. The van der Waals surface area contributed by atoms with Gasteiger partial charge in [0.15, 0.2) is 0 Å². The molecule has 1 aromatic heterocycles. The summed E-state index contributed by atoms with van der Waals surface area (Å²) in [6.45, 7) is 43.5. The number of aromatic nitrogens is 3. The maximum Gasteiger partial charge on any atom is 0.511 e. The maximum absolute atomic E-state index is 13.4. The molecule has 1 aromatic carbocycles. The van der Waals surface area contributed by atoms with Gasteiger partial charge in [-0.1, -0.05) is 217 Å². The topological polar surface area (TPSA) is 357 Å². The lowest BCUT2D eigenvalue weighted by atomic mass is 9.85. The third-order valence-corrected chi connectivity index (χ3v) is 24.4. The monoisotopic (exact) mass is 1940 g/mol. The second-order valence-corrected chi connectivity index (χ2v) is 45.0. The van der Waals surface area contributed by atoms with Crippen molar-refractivity contribution < 1.29 is 115 Å². The molecule has 29 heteroatoms. The number of rotatable bonds is 79. The Bertz CT molecular complexity index is 3500. The number of unbranched alkanes of at least 4 members (excludes halogenated alkanes) is 9. The van der Waals surface area contributed by atoms with Gasteiger partial charge < -0.3 is 86.4 Å².